The van der Waals surface area contributed by atoms with E-state index in [9.17, 15) is 13.2 Å². The van der Waals surface area contributed by atoms with Gasteiger partial charge in [-0.05, 0) is 18.9 Å². The Morgan fingerprint density at radius 1 is 1.25 bits per heavy atom. The summed E-state index contributed by atoms with van der Waals surface area (Å²) < 4.78 is 40.6. The molecule has 1 aliphatic heterocycles. The molecule has 0 bridgehead atoms. The Balaban J connectivity index is 2.11. The van der Waals surface area contributed by atoms with Gasteiger partial charge >= 0.3 is 6.18 Å². The summed E-state index contributed by atoms with van der Waals surface area (Å²) in [6.07, 6.45) is -2.41. The van der Waals surface area contributed by atoms with Crippen molar-refractivity contribution in [3.05, 3.63) is 35.7 Å². The predicted molar refractivity (Wildman–Crippen MR) is 66.6 cm³/mol. The van der Waals surface area contributed by atoms with Crippen molar-refractivity contribution in [3.63, 3.8) is 0 Å². The van der Waals surface area contributed by atoms with Gasteiger partial charge in [0, 0.05) is 12.0 Å². The molecule has 3 rings (SSSR count). The Labute approximate surface area is 113 Å². The molecule has 7 heteroatoms. The first-order valence-corrected chi connectivity index (χ1v) is 6.34. The second-order valence-electron chi connectivity index (χ2n) is 4.80. The molecule has 0 aliphatic carbocycles. The van der Waals surface area contributed by atoms with Crippen LogP contribution in [0.5, 0.6) is 0 Å². The van der Waals surface area contributed by atoms with Crippen molar-refractivity contribution in [1.29, 1.82) is 0 Å². The van der Waals surface area contributed by atoms with Crippen molar-refractivity contribution in [2.45, 2.75) is 31.6 Å². The molecule has 0 saturated heterocycles. The Morgan fingerprint density at radius 3 is 2.70 bits per heavy atom. The van der Waals surface area contributed by atoms with Gasteiger partial charge < -0.3 is 5.73 Å². The number of rotatable bonds is 1. The molecule has 4 nitrogen and oxygen atoms in total. The molecule has 0 spiro atoms. The van der Waals surface area contributed by atoms with Crippen LogP contribution in [0.15, 0.2) is 24.3 Å². The molecule has 2 N–H and O–H groups in total. The number of fused-ring (bicyclic) bond motifs is 1. The fourth-order valence-corrected chi connectivity index (χ4v) is 2.42. The third-order valence-electron chi connectivity index (χ3n) is 3.39. The van der Waals surface area contributed by atoms with Gasteiger partial charge in [-0.3, -0.25) is 0 Å². The Kier molecular flexibility index (Phi) is 3.01. The third kappa shape index (κ3) is 2.18. The lowest BCUT2D eigenvalue weighted by atomic mass is 10.1. The molecule has 0 radical (unpaired) electrons. The van der Waals surface area contributed by atoms with E-state index in [1.165, 1.54) is 16.8 Å². The Morgan fingerprint density at radius 2 is 2.00 bits per heavy atom. The molecule has 0 fully saturated rings. The van der Waals surface area contributed by atoms with E-state index in [0.717, 1.165) is 18.9 Å². The average Bonchev–Trinajstić information content (AvgIpc) is 2.83. The van der Waals surface area contributed by atoms with E-state index in [1.54, 1.807) is 6.07 Å². The van der Waals surface area contributed by atoms with Gasteiger partial charge in [0.1, 0.15) is 12.0 Å². The highest BCUT2D eigenvalue weighted by molar-refractivity contribution is 5.61. The second kappa shape index (κ2) is 4.59. The van der Waals surface area contributed by atoms with E-state index in [-0.39, 0.29) is 17.6 Å². The van der Waals surface area contributed by atoms with Gasteiger partial charge in [0.05, 0.1) is 5.56 Å². The zero-order chi connectivity index (χ0) is 14.3. The van der Waals surface area contributed by atoms with Crippen molar-refractivity contribution >= 4 is 0 Å². The topological polar surface area (TPSA) is 56.7 Å². The van der Waals surface area contributed by atoms with E-state index >= 15 is 0 Å². The zero-order valence-corrected chi connectivity index (χ0v) is 10.6. The Bertz CT molecular complexity index is 633. The van der Waals surface area contributed by atoms with Gasteiger partial charge in [-0.15, -0.1) is 5.10 Å². The van der Waals surface area contributed by atoms with Crippen molar-refractivity contribution in [1.82, 2.24) is 14.8 Å². The first-order valence-electron chi connectivity index (χ1n) is 6.34. The molecule has 2 heterocycles. The molecular weight excluding hydrogens is 269 g/mol. The summed E-state index contributed by atoms with van der Waals surface area (Å²) in [5.41, 5.74) is 5.17. The second-order valence-corrected chi connectivity index (χ2v) is 4.80. The minimum absolute atomic E-state index is 0.00546. The van der Waals surface area contributed by atoms with Crippen molar-refractivity contribution in [3.8, 4) is 11.4 Å². The molecule has 0 saturated carbocycles. The lowest BCUT2D eigenvalue weighted by molar-refractivity contribution is -0.137. The van der Waals surface area contributed by atoms with Crippen molar-refractivity contribution < 1.29 is 13.2 Å². The molecule has 1 aliphatic rings. The fourth-order valence-electron chi connectivity index (χ4n) is 2.42. The maximum atomic E-state index is 13.0. The normalized spacial score (nSPS) is 18.9. The number of hydrogen-bond acceptors (Lipinski definition) is 3. The number of benzene rings is 1. The molecule has 2 aromatic rings. The number of halogens is 3. The summed E-state index contributed by atoms with van der Waals surface area (Å²) in [6.45, 7) is 0. The summed E-state index contributed by atoms with van der Waals surface area (Å²) in [5.74, 6) is 0.737. The summed E-state index contributed by atoms with van der Waals surface area (Å²) in [4.78, 5) is 4.22. The molecule has 1 unspecified atom stereocenters. The Hall–Kier alpha value is -1.89. The molecule has 20 heavy (non-hydrogen) atoms. The van der Waals surface area contributed by atoms with E-state index in [1.807, 2.05) is 0 Å². The smallest absolute Gasteiger partial charge is 0.310 e. The molecule has 1 aromatic heterocycles. The largest absolute Gasteiger partial charge is 0.417 e. The lowest BCUT2D eigenvalue weighted by Crippen LogP contribution is -2.25. The highest BCUT2D eigenvalue weighted by atomic mass is 19.4. The van der Waals surface area contributed by atoms with Gasteiger partial charge in [-0.1, -0.05) is 18.2 Å². The van der Waals surface area contributed by atoms with Gasteiger partial charge in [0.15, 0.2) is 5.82 Å². The lowest BCUT2D eigenvalue weighted by Gasteiger charge is -2.18. The SMILES string of the molecule is NC1CCCc2nc(-c3ccccc3C(F)(F)F)nn21. The van der Waals surface area contributed by atoms with E-state index in [2.05, 4.69) is 10.1 Å². The van der Waals surface area contributed by atoms with Crippen LogP contribution in [-0.4, -0.2) is 14.8 Å². The van der Waals surface area contributed by atoms with Crippen molar-refractivity contribution in [2.75, 3.05) is 0 Å². The van der Waals surface area contributed by atoms with Gasteiger partial charge in [-0.2, -0.15) is 13.2 Å². The number of nitrogens with zero attached hydrogens (tertiary/aromatic N) is 3. The van der Waals surface area contributed by atoms with E-state index < -0.39 is 11.7 Å². The number of aryl methyl sites for hydroxylation is 1. The maximum absolute atomic E-state index is 13.0. The molecule has 106 valence electrons. The minimum atomic E-state index is -4.43. The van der Waals surface area contributed by atoms with E-state index in [4.69, 9.17) is 5.73 Å². The molecule has 0 amide bonds. The third-order valence-corrected chi connectivity index (χ3v) is 3.39. The summed E-state index contributed by atoms with van der Waals surface area (Å²) in [6, 6.07) is 5.32. The number of aromatic nitrogens is 3. The first kappa shape index (κ1) is 13.1. The number of nitrogens with two attached hydrogens (primary N) is 1. The maximum Gasteiger partial charge on any atom is 0.417 e. The van der Waals surface area contributed by atoms with Crippen LogP contribution >= 0.6 is 0 Å². The van der Waals surface area contributed by atoms with Crippen LogP contribution < -0.4 is 5.73 Å². The van der Waals surface area contributed by atoms with E-state index in [0.29, 0.717) is 12.2 Å². The molecular formula is C13H13F3N4. The van der Waals surface area contributed by atoms with Crippen LogP contribution in [0.1, 0.15) is 30.4 Å². The standard InChI is InChI=1S/C13H13F3N4/c14-13(15,16)9-5-2-1-4-8(9)12-18-11-7-3-6-10(17)20(11)19-12/h1-2,4-5,10H,3,6-7,17H2. The van der Waals surface area contributed by atoms with Gasteiger partial charge in [-0.25, -0.2) is 9.67 Å². The van der Waals surface area contributed by atoms with Gasteiger partial charge in [0.2, 0.25) is 0 Å². The first-order chi connectivity index (χ1) is 9.47. The average molecular weight is 282 g/mol. The molecule has 1 atom stereocenters. The van der Waals surface area contributed by atoms with Crippen LogP contribution in [0, 0.1) is 0 Å². The van der Waals surface area contributed by atoms with Crippen LogP contribution in [0.25, 0.3) is 11.4 Å². The fraction of sp³-hybridized carbons (Fsp3) is 0.385. The van der Waals surface area contributed by atoms with Crippen LogP contribution in [-0.2, 0) is 12.6 Å². The number of hydrogen-bond donors (Lipinski definition) is 1. The predicted octanol–water partition coefficient (Wildman–Crippen LogP) is 2.76. The van der Waals surface area contributed by atoms with Gasteiger partial charge in [0.25, 0.3) is 0 Å². The highest BCUT2D eigenvalue weighted by Crippen LogP contribution is 2.36. The minimum Gasteiger partial charge on any atom is -0.310 e. The zero-order valence-electron chi connectivity index (χ0n) is 10.6. The monoisotopic (exact) mass is 282 g/mol. The summed E-state index contributed by atoms with van der Waals surface area (Å²) >= 11 is 0. The highest BCUT2D eigenvalue weighted by Gasteiger charge is 2.34. The summed E-state index contributed by atoms with van der Waals surface area (Å²) in [7, 11) is 0. The van der Waals surface area contributed by atoms with Crippen LogP contribution in [0.2, 0.25) is 0 Å². The van der Waals surface area contributed by atoms with Crippen molar-refractivity contribution in [2.24, 2.45) is 5.73 Å². The quantitative estimate of drug-likeness (QED) is 0.875. The van der Waals surface area contributed by atoms with Crippen LogP contribution in [0.3, 0.4) is 0 Å². The number of alkyl halides is 3. The van der Waals surface area contributed by atoms with Crippen LogP contribution in [0.4, 0.5) is 13.2 Å². The molecule has 1 aromatic carbocycles. The summed E-state index contributed by atoms with van der Waals surface area (Å²) in [5, 5.41) is 4.16.